The van der Waals surface area contributed by atoms with Gasteiger partial charge >= 0.3 is 6.97 Å². The van der Waals surface area contributed by atoms with Crippen LogP contribution in [0, 0.1) is 6.92 Å². The lowest BCUT2D eigenvalue weighted by molar-refractivity contribution is -0.360. The summed E-state index contributed by atoms with van der Waals surface area (Å²) >= 11 is 0. The average Bonchev–Trinajstić information content (AvgIpc) is 3.48. The van der Waals surface area contributed by atoms with Crippen LogP contribution >= 0.6 is 0 Å². The summed E-state index contributed by atoms with van der Waals surface area (Å²) in [6, 6.07) is 19.2. The Kier molecular flexibility index (Phi) is 6.00. The number of fused-ring (bicyclic) bond motifs is 2. The number of ether oxygens (including phenoxy) is 1. The van der Waals surface area contributed by atoms with Crippen LogP contribution in [0.3, 0.4) is 0 Å². The van der Waals surface area contributed by atoms with E-state index in [0.29, 0.717) is 22.8 Å². The first-order chi connectivity index (χ1) is 17.3. The van der Waals surface area contributed by atoms with Crippen molar-refractivity contribution < 1.29 is 17.9 Å². The summed E-state index contributed by atoms with van der Waals surface area (Å²) in [5.41, 5.74) is 5.77. The van der Waals surface area contributed by atoms with Crippen molar-refractivity contribution >= 4 is 36.1 Å². The number of rotatable bonds is 6. The molecule has 2 aliphatic heterocycles. The summed E-state index contributed by atoms with van der Waals surface area (Å²) in [5.74, 6) is 0.750. The Labute approximate surface area is 210 Å². The second-order valence-corrected chi connectivity index (χ2v) is 9.17. The highest BCUT2D eigenvalue weighted by atomic mass is 19.2. The molecule has 36 heavy (non-hydrogen) atoms. The number of methoxy groups -OCH3 is 1. The Bertz CT molecular complexity index is 1460. The minimum Gasteiger partial charge on any atom is -0.497 e. The minimum absolute atomic E-state index is 0.450. The zero-order valence-corrected chi connectivity index (χ0v) is 20.8. The van der Waals surface area contributed by atoms with Crippen molar-refractivity contribution in [3.05, 3.63) is 113 Å². The molecule has 7 heteroatoms. The third-order valence-electron chi connectivity index (χ3n) is 6.66. The topological polar surface area (TPSA) is 20.4 Å². The van der Waals surface area contributed by atoms with Gasteiger partial charge in [-0.25, -0.2) is 0 Å². The number of anilines is 1. The number of hydrogen-bond donors (Lipinski definition) is 0. The number of nitrogens with zero attached hydrogens (tertiary/aromatic N) is 3. The van der Waals surface area contributed by atoms with Crippen molar-refractivity contribution in [3.63, 3.8) is 0 Å². The lowest BCUT2D eigenvalue weighted by atomic mass is 9.87. The van der Waals surface area contributed by atoms with Gasteiger partial charge in [0, 0.05) is 43.7 Å². The molecule has 2 aromatic carbocycles. The number of aryl methyl sites for hydroxylation is 1. The predicted molar refractivity (Wildman–Crippen MR) is 146 cm³/mol. The van der Waals surface area contributed by atoms with Crippen molar-refractivity contribution in [3.8, 4) is 5.75 Å². The van der Waals surface area contributed by atoms with Crippen molar-refractivity contribution in [2.24, 2.45) is 0 Å². The smallest absolute Gasteiger partial charge is 0.497 e. The van der Waals surface area contributed by atoms with Crippen LogP contribution in [0.1, 0.15) is 22.5 Å². The van der Waals surface area contributed by atoms with E-state index in [9.17, 15) is 0 Å². The molecule has 1 aromatic heterocycles. The van der Waals surface area contributed by atoms with Gasteiger partial charge in [0.05, 0.1) is 12.7 Å². The van der Waals surface area contributed by atoms with E-state index in [4.69, 9.17) is 4.74 Å². The van der Waals surface area contributed by atoms with E-state index < -0.39 is 6.97 Å². The molecule has 5 rings (SSSR count). The van der Waals surface area contributed by atoms with E-state index in [1.807, 2.05) is 85.8 Å². The molecular formula is C29H28BF2N3O. The molecule has 0 saturated heterocycles. The Hall–Kier alpha value is -4.13. The summed E-state index contributed by atoms with van der Waals surface area (Å²) in [6.07, 6.45) is 11.0. The fraction of sp³-hybridized carbons (Fsp3) is 0.138. The van der Waals surface area contributed by atoms with Crippen molar-refractivity contribution in [1.29, 1.82) is 0 Å². The number of benzene rings is 2. The third-order valence-corrected chi connectivity index (χ3v) is 6.66. The van der Waals surface area contributed by atoms with Gasteiger partial charge in [-0.3, -0.25) is 0 Å². The van der Waals surface area contributed by atoms with Crippen LogP contribution in [-0.2, 0) is 0 Å². The molecular weight excluding hydrogens is 455 g/mol. The van der Waals surface area contributed by atoms with E-state index in [1.54, 1.807) is 44.4 Å². The summed E-state index contributed by atoms with van der Waals surface area (Å²) in [4.78, 5) is 2.04. The van der Waals surface area contributed by atoms with Crippen molar-refractivity contribution in [1.82, 2.24) is 4.48 Å². The highest BCUT2D eigenvalue weighted by Crippen LogP contribution is 2.38. The van der Waals surface area contributed by atoms with Gasteiger partial charge < -0.3 is 27.2 Å². The molecule has 0 unspecified atom stereocenters. The van der Waals surface area contributed by atoms with Crippen molar-refractivity contribution in [2.45, 2.75) is 6.92 Å². The lowest BCUT2D eigenvalue weighted by Gasteiger charge is -2.32. The molecule has 0 amide bonds. The molecule has 3 heterocycles. The second-order valence-electron chi connectivity index (χ2n) is 9.17. The van der Waals surface area contributed by atoms with Gasteiger partial charge in [0.25, 0.3) is 0 Å². The second kappa shape index (κ2) is 9.15. The molecule has 0 saturated carbocycles. The molecule has 2 aliphatic rings. The Morgan fingerprint density at radius 1 is 0.833 bits per heavy atom. The number of allylic oxidation sites excluding steroid dienone is 5. The van der Waals surface area contributed by atoms with E-state index >= 15 is 8.63 Å². The highest BCUT2D eigenvalue weighted by Gasteiger charge is 2.53. The number of hydrogen-bond acceptors (Lipinski definition) is 2. The maximum Gasteiger partial charge on any atom is 0.737 e. The number of aromatic nitrogens is 1. The van der Waals surface area contributed by atoms with Gasteiger partial charge in [-0.15, -0.1) is 0 Å². The van der Waals surface area contributed by atoms with E-state index in [2.05, 4.69) is 0 Å². The average molecular weight is 483 g/mol. The largest absolute Gasteiger partial charge is 0.737 e. The van der Waals surface area contributed by atoms with E-state index in [0.717, 1.165) is 28.1 Å². The zero-order chi connectivity index (χ0) is 25.4. The van der Waals surface area contributed by atoms with Gasteiger partial charge in [-0.05, 0) is 72.3 Å². The minimum atomic E-state index is -4.05. The molecule has 0 N–H and O–H groups in total. The van der Waals surface area contributed by atoms with Crippen LogP contribution < -0.4 is 9.64 Å². The molecule has 0 bridgehead atoms. The summed E-state index contributed by atoms with van der Waals surface area (Å²) < 4.78 is 39.5. The fourth-order valence-electron chi connectivity index (χ4n) is 4.73. The summed E-state index contributed by atoms with van der Waals surface area (Å²) in [5, 5.41) is 0. The van der Waals surface area contributed by atoms with Gasteiger partial charge in [0.15, 0.2) is 11.4 Å². The van der Waals surface area contributed by atoms with Crippen LogP contribution in [0.5, 0.6) is 5.75 Å². The maximum atomic E-state index is 16.0. The van der Waals surface area contributed by atoms with E-state index in [-0.39, 0.29) is 0 Å². The van der Waals surface area contributed by atoms with Gasteiger partial charge in [0.2, 0.25) is 0 Å². The standard InChI is InChI=1S/C29H28BF2N3O/c1-21-5-19-28-27(18-11-22-6-12-24(13-7-22)33(2)3)29-20-15-25(35(29)30(31,32)34(21)28)14-8-23-9-16-26(36-4)17-10-23/h5-20H,1-4H3/b14-8+,18-11+. The van der Waals surface area contributed by atoms with E-state index in [1.165, 1.54) is 8.96 Å². The summed E-state index contributed by atoms with van der Waals surface area (Å²) in [6.45, 7) is -2.33. The Balaban J connectivity index is 1.58. The van der Waals surface area contributed by atoms with Crippen LogP contribution in [0.15, 0.2) is 90.7 Å². The van der Waals surface area contributed by atoms with Crippen LogP contribution in [0.4, 0.5) is 14.3 Å². The van der Waals surface area contributed by atoms with Gasteiger partial charge in [-0.1, -0.05) is 30.3 Å². The lowest BCUT2D eigenvalue weighted by Crippen LogP contribution is -2.51. The molecule has 182 valence electrons. The molecule has 0 atom stereocenters. The predicted octanol–water partition coefficient (Wildman–Crippen LogP) is 6.27. The van der Waals surface area contributed by atoms with Gasteiger partial charge in [0.1, 0.15) is 5.75 Å². The zero-order valence-electron chi connectivity index (χ0n) is 20.8. The van der Waals surface area contributed by atoms with Crippen LogP contribution in [0.25, 0.3) is 17.7 Å². The monoisotopic (exact) mass is 483 g/mol. The molecule has 3 aromatic rings. The molecule has 0 aliphatic carbocycles. The maximum absolute atomic E-state index is 16.0. The summed E-state index contributed by atoms with van der Waals surface area (Å²) in [7, 11) is 5.60. The van der Waals surface area contributed by atoms with Gasteiger partial charge in [-0.2, -0.15) is 0 Å². The molecule has 4 nitrogen and oxygen atoms in total. The highest BCUT2D eigenvalue weighted by molar-refractivity contribution is 6.58. The Morgan fingerprint density at radius 2 is 1.47 bits per heavy atom. The first kappa shape index (κ1) is 23.6. The molecule has 0 fully saturated rings. The normalized spacial score (nSPS) is 16.3. The van der Waals surface area contributed by atoms with Crippen LogP contribution in [-0.4, -0.2) is 42.9 Å². The molecule has 0 spiro atoms. The van der Waals surface area contributed by atoms with Crippen LogP contribution in [0.2, 0.25) is 0 Å². The first-order valence-corrected chi connectivity index (χ1v) is 11.9. The Morgan fingerprint density at radius 3 is 2.11 bits per heavy atom. The number of halogens is 2. The SMILES string of the molecule is COc1ccc(/C=C/C2=[N+]3C(=C(/C=C/c4ccc(N(C)C)cc4)c4ccc(C)n4[B-]3(F)F)C=C2)cc1. The quantitative estimate of drug-likeness (QED) is 0.386. The first-order valence-electron chi connectivity index (χ1n) is 11.9. The van der Waals surface area contributed by atoms with Crippen molar-refractivity contribution in [2.75, 3.05) is 26.1 Å². The molecule has 0 radical (unpaired) electrons. The fourth-order valence-corrected chi connectivity index (χ4v) is 4.73. The third kappa shape index (κ3) is 4.11.